The molecule has 8 nitrogen and oxygen atoms in total. The summed E-state index contributed by atoms with van der Waals surface area (Å²) in [5.74, 6) is 2.13. The molecule has 4 fully saturated rings. The van der Waals surface area contributed by atoms with Crippen molar-refractivity contribution in [2.45, 2.75) is 123 Å². The molecule has 0 radical (unpaired) electrons. The number of anilines is 1. The highest BCUT2D eigenvalue weighted by molar-refractivity contribution is 5.90. The molecule has 8 heteroatoms. The standard InChI is InChI=1S/C41H62N4O4/c1-26(11-10-20-43-19-8-9-21-44-36-17-22-45-35-13-7-6-12-31(35)36)32-14-15-33-39-34(25-38(41(32,33)5)49-28(3)47)40(4)18-16-30(42)23-29(40)24-37(39)48-27(2)46/h6-7,12-13,17,22,26,29-30,32-34,37-39,43H,8-11,14-16,18-21,23-25,42H2,1-5H3,(H,44,45)/t26-,29+,30-,32-,33+,34+,37-,38+,39+,40+,41-/m1/s1. The van der Waals surface area contributed by atoms with Gasteiger partial charge < -0.3 is 25.8 Å². The van der Waals surface area contributed by atoms with Gasteiger partial charge in [0.05, 0.1) is 5.52 Å². The average Bonchev–Trinajstić information content (AvgIpc) is 3.42. The maximum absolute atomic E-state index is 12.6. The van der Waals surface area contributed by atoms with E-state index in [9.17, 15) is 9.59 Å². The van der Waals surface area contributed by atoms with Crippen LogP contribution in [-0.4, -0.2) is 54.8 Å². The molecule has 4 aliphatic carbocycles. The number of esters is 2. The van der Waals surface area contributed by atoms with Crippen molar-refractivity contribution in [1.82, 2.24) is 10.3 Å². The van der Waals surface area contributed by atoms with Crippen LogP contribution in [0.15, 0.2) is 36.5 Å². The van der Waals surface area contributed by atoms with Crippen LogP contribution >= 0.6 is 0 Å². The Labute approximate surface area is 294 Å². The third-order valence-electron chi connectivity index (χ3n) is 13.9. The van der Waals surface area contributed by atoms with Crippen LogP contribution in [0, 0.1) is 46.3 Å². The van der Waals surface area contributed by atoms with E-state index in [0.29, 0.717) is 35.5 Å². The quantitative estimate of drug-likeness (QED) is 0.148. The van der Waals surface area contributed by atoms with E-state index >= 15 is 0 Å². The lowest BCUT2D eigenvalue weighted by Gasteiger charge is -2.64. The van der Waals surface area contributed by atoms with Gasteiger partial charge in [-0.05, 0) is 131 Å². The second-order valence-electron chi connectivity index (χ2n) is 16.7. The molecule has 4 N–H and O–H groups in total. The number of carbonyl (C=O) groups excluding carboxylic acids is 2. The predicted molar refractivity (Wildman–Crippen MR) is 196 cm³/mol. The first-order valence-electron chi connectivity index (χ1n) is 19.4. The summed E-state index contributed by atoms with van der Waals surface area (Å²) >= 11 is 0. The number of nitrogens with one attached hydrogen (secondary N) is 2. The van der Waals surface area contributed by atoms with Crippen LogP contribution in [0.2, 0.25) is 0 Å². The number of rotatable bonds is 13. The van der Waals surface area contributed by atoms with Crippen LogP contribution in [0.4, 0.5) is 5.69 Å². The number of nitrogens with zero attached hydrogens (tertiary/aromatic N) is 1. The Morgan fingerprint density at radius 1 is 0.939 bits per heavy atom. The Bertz CT molecular complexity index is 1450. The Balaban J connectivity index is 1.04. The molecule has 0 amide bonds. The fourth-order valence-electron chi connectivity index (χ4n) is 11.6. The van der Waals surface area contributed by atoms with Gasteiger partial charge in [-0.2, -0.15) is 0 Å². The number of para-hydroxylation sites is 1. The van der Waals surface area contributed by atoms with E-state index in [1.54, 1.807) is 13.8 Å². The van der Waals surface area contributed by atoms with E-state index in [-0.39, 0.29) is 41.0 Å². The molecule has 1 aromatic carbocycles. The third kappa shape index (κ3) is 7.37. The number of unbranched alkanes of at least 4 members (excludes halogenated alkanes) is 1. The van der Waals surface area contributed by atoms with Gasteiger partial charge in [0.25, 0.3) is 0 Å². The number of nitrogens with two attached hydrogens (primary N) is 1. The van der Waals surface area contributed by atoms with E-state index < -0.39 is 0 Å². The summed E-state index contributed by atoms with van der Waals surface area (Å²) in [5, 5.41) is 8.46. The van der Waals surface area contributed by atoms with Crippen molar-refractivity contribution < 1.29 is 19.1 Å². The van der Waals surface area contributed by atoms with Gasteiger partial charge in [0.15, 0.2) is 0 Å². The van der Waals surface area contributed by atoms with Gasteiger partial charge in [-0.1, -0.05) is 39.0 Å². The van der Waals surface area contributed by atoms with Crippen LogP contribution in [-0.2, 0) is 19.1 Å². The van der Waals surface area contributed by atoms with E-state index in [0.717, 1.165) is 101 Å². The second-order valence-corrected chi connectivity index (χ2v) is 16.7. The molecule has 6 rings (SSSR count). The normalized spacial score (nSPS) is 35.9. The van der Waals surface area contributed by atoms with Crippen molar-refractivity contribution in [3.8, 4) is 0 Å². The van der Waals surface area contributed by atoms with Crippen molar-refractivity contribution >= 4 is 28.5 Å². The van der Waals surface area contributed by atoms with Crippen molar-refractivity contribution in [1.29, 1.82) is 0 Å². The van der Waals surface area contributed by atoms with Crippen LogP contribution in [0.5, 0.6) is 0 Å². The van der Waals surface area contributed by atoms with E-state index in [1.165, 1.54) is 5.39 Å². The van der Waals surface area contributed by atoms with Gasteiger partial charge in [-0.25, -0.2) is 0 Å². The number of benzene rings is 1. The molecule has 0 spiro atoms. The minimum absolute atomic E-state index is 0.0778. The fraction of sp³-hybridized carbons (Fsp3) is 0.732. The van der Waals surface area contributed by atoms with Crippen LogP contribution in [0.3, 0.4) is 0 Å². The van der Waals surface area contributed by atoms with E-state index in [1.807, 2.05) is 12.3 Å². The minimum Gasteiger partial charge on any atom is -0.462 e. The molecule has 49 heavy (non-hydrogen) atoms. The molecule has 0 bridgehead atoms. The molecule has 0 saturated heterocycles. The molecule has 1 aromatic heterocycles. The van der Waals surface area contributed by atoms with Gasteiger partial charge >= 0.3 is 11.9 Å². The summed E-state index contributed by atoms with van der Waals surface area (Å²) in [7, 11) is 0. The summed E-state index contributed by atoms with van der Waals surface area (Å²) in [6, 6.07) is 10.5. The summed E-state index contributed by atoms with van der Waals surface area (Å²) in [5.41, 5.74) is 8.69. The summed E-state index contributed by atoms with van der Waals surface area (Å²) in [6.45, 7) is 13.5. The van der Waals surface area contributed by atoms with Crippen molar-refractivity contribution in [2.24, 2.45) is 52.1 Å². The topological polar surface area (TPSA) is 116 Å². The van der Waals surface area contributed by atoms with Crippen molar-refractivity contribution in [2.75, 3.05) is 25.0 Å². The largest absolute Gasteiger partial charge is 0.462 e. The Kier molecular flexibility index (Phi) is 11.2. The lowest BCUT2D eigenvalue weighted by molar-refractivity contribution is -0.220. The zero-order chi connectivity index (χ0) is 34.8. The minimum atomic E-state index is -0.176. The molecule has 2 aromatic rings. The summed E-state index contributed by atoms with van der Waals surface area (Å²) in [6.07, 6.45) is 13.4. The van der Waals surface area contributed by atoms with Crippen LogP contribution in [0.1, 0.15) is 105 Å². The highest BCUT2D eigenvalue weighted by Crippen LogP contribution is 2.69. The highest BCUT2D eigenvalue weighted by Gasteiger charge is 2.67. The molecular weight excluding hydrogens is 612 g/mol. The molecule has 1 heterocycles. The monoisotopic (exact) mass is 674 g/mol. The zero-order valence-electron chi connectivity index (χ0n) is 30.7. The first-order valence-corrected chi connectivity index (χ1v) is 19.4. The van der Waals surface area contributed by atoms with Gasteiger partial charge in [0, 0.05) is 55.0 Å². The lowest BCUT2D eigenvalue weighted by Crippen LogP contribution is -2.63. The Morgan fingerprint density at radius 2 is 1.69 bits per heavy atom. The zero-order valence-corrected chi connectivity index (χ0v) is 30.7. The van der Waals surface area contributed by atoms with Gasteiger partial charge in [0.2, 0.25) is 0 Å². The molecule has 0 unspecified atom stereocenters. The Morgan fingerprint density at radius 3 is 2.49 bits per heavy atom. The molecule has 4 saturated carbocycles. The van der Waals surface area contributed by atoms with E-state index in [4.69, 9.17) is 15.2 Å². The van der Waals surface area contributed by atoms with Gasteiger partial charge in [0.1, 0.15) is 12.2 Å². The number of pyridine rings is 1. The lowest BCUT2D eigenvalue weighted by atomic mass is 9.43. The highest BCUT2D eigenvalue weighted by atomic mass is 16.5. The Hall–Kier alpha value is -2.71. The smallest absolute Gasteiger partial charge is 0.302 e. The number of fused-ring (bicyclic) bond motifs is 6. The summed E-state index contributed by atoms with van der Waals surface area (Å²) in [4.78, 5) is 29.6. The maximum atomic E-state index is 12.6. The van der Waals surface area contributed by atoms with E-state index in [2.05, 4.69) is 60.7 Å². The molecule has 11 atom stereocenters. The first kappa shape index (κ1) is 36.1. The molecule has 270 valence electrons. The third-order valence-corrected chi connectivity index (χ3v) is 13.9. The molecule has 0 aliphatic heterocycles. The van der Waals surface area contributed by atoms with Gasteiger partial charge in [-0.3, -0.25) is 14.6 Å². The fourth-order valence-corrected chi connectivity index (χ4v) is 11.6. The number of carbonyl (C=O) groups is 2. The van der Waals surface area contributed by atoms with Gasteiger partial charge in [-0.15, -0.1) is 0 Å². The summed E-state index contributed by atoms with van der Waals surface area (Å²) < 4.78 is 12.6. The second kappa shape index (κ2) is 15.3. The predicted octanol–water partition coefficient (Wildman–Crippen LogP) is 7.50. The SMILES string of the molecule is CC(=O)O[C@H]1C[C@H]2[C@@H]([C@H](OC(C)=O)C[C@@H]3C[C@H](N)CC[C@@]32C)[C@@H]2CC[C@H]([C@H](C)CCCNCCCCNc3ccnc4ccccc34)[C@@]12C. The average molecular weight is 675 g/mol. The molecular formula is C41H62N4O4. The number of ether oxygens (including phenoxy) is 2. The number of hydrogen-bond acceptors (Lipinski definition) is 8. The first-order chi connectivity index (χ1) is 23.5. The number of aromatic nitrogens is 1. The molecule has 4 aliphatic rings. The number of hydrogen-bond donors (Lipinski definition) is 3. The maximum Gasteiger partial charge on any atom is 0.302 e. The van der Waals surface area contributed by atoms with Crippen LogP contribution < -0.4 is 16.4 Å². The van der Waals surface area contributed by atoms with Crippen molar-refractivity contribution in [3.63, 3.8) is 0 Å². The van der Waals surface area contributed by atoms with Crippen molar-refractivity contribution in [3.05, 3.63) is 36.5 Å². The van der Waals surface area contributed by atoms with Crippen LogP contribution in [0.25, 0.3) is 10.9 Å².